The fraction of sp³-hybridized carbons (Fsp3) is 0.667. The van der Waals surface area contributed by atoms with Crippen molar-refractivity contribution < 1.29 is 19.4 Å². The van der Waals surface area contributed by atoms with Gasteiger partial charge in [0.05, 0.1) is 19.3 Å². The Morgan fingerprint density at radius 3 is 2.32 bits per heavy atom. The van der Waals surface area contributed by atoms with Gasteiger partial charge in [-0.3, -0.25) is 0 Å². The number of ether oxygens (including phenoxy) is 2. The van der Waals surface area contributed by atoms with Gasteiger partial charge in [-0.1, -0.05) is 12.7 Å². The summed E-state index contributed by atoms with van der Waals surface area (Å²) in [5, 5.41) is 9.28. The molecule has 0 aromatic heterocycles. The van der Waals surface area contributed by atoms with Crippen LogP contribution in [0.4, 0.5) is 0 Å². The van der Waals surface area contributed by atoms with Crippen molar-refractivity contribution in [3.63, 3.8) is 0 Å². The van der Waals surface area contributed by atoms with Crippen LogP contribution < -0.4 is 0 Å². The Kier molecular flexibility index (Phi) is 7.45. The summed E-state index contributed by atoms with van der Waals surface area (Å²) in [7, 11) is 0. The van der Waals surface area contributed by atoms with Crippen molar-refractivity contribution in [2.45, 2.75) is 31.8 Å². The average Bonchev–Trinajstić information content (AvgIpc) is 2.45. The second kappa shape index (κ2) is 8.88. The largest absolute Gasteiger partial charge is 0.462 e. The molecule has 1 atom stereocenters. The van der Waals surface area contributed by atoms with E-state index in [1.165, 1.54) is 12.2 Å². The number of hydrogen-bond acceptors (Lipinski definition) is 4. The predicted octanol–water partition coefficient (Wildman–Crippen LogP) is 2.09. The molecule has 1 saturated carbocycles. The van der Waals surface area contributed by atoms with E-state index in [-0.39, 0.29) is 5.97 Å². The zero-order valence-electron chi connectivity index (χ0n) is 11.4. The van der Waals surface area contributed by atoms with Crippen LogP contribution in [0.1, 0.15) is 25.7 Å². The summed E-state index contributed by atoms with van der Waals surface area (Å²) in [6.07, 6.45) is 6.39. The first-order valence-electron chi connectivity index (χ1n) is 6.83. The predicted molar refractivity (Wildman–Crippen MR) is 73.6 cm³/mol. The number of carbonyl (C=O) groups is 1. The quantitative estimate of drug-likeness (QED) is 0.416. The normalized spacial score (nSPS) is 24.5. The monoisotopic (exact) mass is 268 g/mol. The molecular formula is C15H24O4. The number of esters is 1. The zero-order valence-corrected chi connectivity index (χ0v) is 11.4. The molecule has 1 rings (SSSR count). The highest BCUT2D eigenvalue weighted by Crippen LogP contribution is 2.29. The minimum atomic E-state index is -0.574. The summed E-state index contributed by atoms with van der Waals surface area (Å²) in [5.41, 5.74) is 0. The Balaban J connectivity index is 2.09. The summed E-state index contributed by atoms with van der Waals surface area (Å²) in [4.78, 5) is 11.0. The molecule has 4 heteroatoms. The van der Waals surface area contributed by atoms with Crippen LogP contribution in [0.2, 0.25) is 0 Å². The Hall–Kier alpha value is -1.13. The maximum Gasteiger partial charge on any atom is 0.330 e. The fourth-order valence-corrected chi connectivity index (χ4v) is 2.25. The average molecular weight is 268 g/mol. The molecule has 0 aromatic rings. The van der Waals surface area contributed by atoms with Crippen molar-refractivity contribution in [1.82, 2.24) is 0 Å². The molecule has 0 aromatic carbocycles. The van der Waals surface area contributed by atoms with Crippen molar-refractivity contribution in [2.24, 2.45) is 11.8 Å². The highest BCUT2D eigenvalue weighted by Gasteiger charge is 2.22. The molecule has 1 N–H and O–H groups in total. The fourth-order valence-electron chi connectivity index (χ4n) is 2.25. The van der Waals surface area contributed by atoms with Crippen LogP contribution in [0, 0.1) is 11.8 Å². The van der Waals surface area contributed by atoms with Gasteiger partial charge in [0.25, 0.3) is 0 Å². The summed E-state index contributed by atoms with van der Waals surface area (Å²) in [6.45, 7) is 8.37. The maximum atomic E-state index is 11.0. The third-order valence-corrected chi connectivity index (χ3v) is 3.51. The van der Waals surface area contributed by atoms with Crippen LogP contribution in [0.25, 0.3) is 0 Å². The number of aliphatic hydroxyl groups is 1. The zero-order chi connectivity index (χ0) is 14.1. The molecule has 1 fully saturated rings. The highest BCUT2D eigenvalue weighted by atomic mass is 16.5. The van der Waals surface area contributed by atoms with E-state index >= 15 is 0 Å². The van der Waals surface area contributed by atoms with E-state index in [2.05, 4.69) is 13.2 Å². The Bertz CT molecular complexity index is 293. The molecule has 0 amide bonds. The number of aliphatic hydroxyl groups excluding tert-OH is 1. The van der Waals surface area contributed by atoms with E-state index in [1.807, 2.05) is 0 Å². The Morgan fingerprint density at radius 2 is 1.79 bits per heavy atom. The Labute approximate surface area is 115 Å². The van der Waals surface area contributed by atoms with Crippen molar-refractivity contribution in [2.75, 3.05) is 19.8 Å². The van der Waals surface area contributed by atoms with Crippen molar-refractivity contribution in [3.8, 4) is 0 Å². The van der Waals surface area contributed by atoms with Crippen molar-refractivity contribution >= 4 is 5.97 Å². The van der Waals surface area contributed by atoms with Gasteiger partial charge >= 0.3 is 5.97 Å². The Morgan fingerprint density at radius 1 is 1.21 bits per heavy atom. The van der Waals surface area contributed by atoms with Crippen LogP contribution in [0.3, 0.4) is 0 Å². The van der Waals surface area contributed by atoms with Gasteiger partial charge in [-0.15, -0.1) is 6.58 Å². The lowest BCUT2D eigenvalue weighted by atomic mass is 9.83. The molecule has 1 aliphatic rings. The SMILES string of the molecule is C=CC(=O)OCC1CCC(COCC(O)C=C)CC1. The van der Waals surface area contributed by atoms with Crippen molar-refractivity contribution in [1.29, 1.82) is 0 Å². The van der Waals surface area contributed by atoms with Crippen LogP contribution in [0.5, 0.6) is 0 Å². The molecule has 4 nitrogen and oxygen atoms in total. The van der Waals surface area contributed by atoms with E-state index in [4.69, 9.17) is 9.47 Å². The minimum absolute atomic E-state index is 0.320. The molecule has 0 aliphatic heterocycles. The third kappa shape index (κ3) is 6.55. The molecule has 1 unspecified atom stereocenters. The molecule has 0 heterocycles. The maximum absolute atomic E-state index is 11.0. The second-order valence-electron chi connectivity index (χ2n) is 5.06. The van der Waals surface area contributed by atoms with Crippen LogP contribution in [-0.2, 0) is 14.3 Å². The van der Waals surface area contributed by atoms with Gasteiger partial charge in [0.2, 0.25) is 0 Å². The first kappa shape index (κ1) is 15.9. The second-order valence-corrected chi connectivity index (χ2v) is 5.06. The molecule has 1 aliphatic carbocycles. The highest BCUT2D eigenvalue weighted by molar-refractivity contribution is 5.81. The summed E-state index contributed by atoms with van der Waals surface area (Å²) in [6, 6.07) is 0. The standard InChI is InChI=1S/C15H24O4/c1-3-14(16)11-18-9-12-5-7-13(8-6-12)10-19-15(17)4-2/h3-4,12-14,16H,1-2,5-11H2. The van der Waals surface area contributed by atoms with E-state index in [0.717, 1.165) is 25.7 Å². The molecule has 0 bridgehead atoms. The smallest absolute Gasteiger partial charge is 0.330 e. The molecule has 19 heavy (non-hydrogen) atoms. The van der Waals surface area contributed by atoms with Gasteiger partial charge in [0.15, 0.2) is 0 Å². The number of carbonyl (C=O) groups excluding carboxylic acids is 1. The molecule has 0 spiro atoms. The van der Waals surface area contributed by atoms with E-state index in [0.29, 0.717) is 31.7 Å². The molecule has 0 radical (unpaired) electrons. The summed E-state index contributed by atoms with van der Waals surface area (Å²) in [5.74, 6) is 0.658. The van der Waals surface area contributed by atoms with Gasteiger partial charge in [0, 0.05) is 12.7 Å². The van der Waals surface area contributed by atoms with E-state index in [1.54, 1.807) is 0 Å². The van der Waals surface area contributed by atoms with Gasteiger partial charge in [0.1, 0.15) is 0 Å². The van der Waals surface area contributed by atoms with Gasteiger partial charge in [-0.25, -0.2) is 4.79 Å². The molecular weight excluding hydrogens is 244 g/mol. The van der Waals surface area contributed by atoms with Crippen LogP contribution in [0.15, 0.2) is 25.3 Å². The van der Waals surface area contributed by atoms with Crippen LogP contribution >= 0.6 is 0 Å². The molecule has 108 valence electrons. The summed E-state index contributed by atoms with van der Waals surface area (Å²) >= 11 is 0. The van der Waals surface area contributed by atoms with Crippen molar-refractivity contribution in [3.05, 3.63) is 25.3 Å². The topological polar surface area (TPSA) is 55.8 Å². The number of rotatable bonds is 8. The minimum Gasteiger partial charge on any atom is -0.462 e. The summed E-state index contributed by atoms with van der Waals surface area (Å²) < 4.78 is 10.5. The number of hydrogen-bond donors (Lipinski definition) is 1. The van der Waals surface area contributed by atoms with E-state index < -0.39 is 6.10 Å². The lowest BCUT2D eigenvalue weighted by Crippen LogP contribution is -2.24. The van der Waals surface area contributed by atoms with E-state index in [9.17, 15) is 9.90 Å². The van der Waals surface area contributed by atoms with Gasteiger partial charge < -0.3 is 14.6 Å². The third-order valence-electron chi connectivity index (χ3n) is 3.51. The first-order chi connectivity index (χ1) is 9.15. The van der Waals surface area contributed by atoms with Crippen LogP contribution in [-0.4, -0.2) is 37.0 Å². The van der Waals surface area contributed by atoms with Gasteiger partial charge in [-0.2, -0.15) is 0 Å². The lowest BCUT2D eigenvalue weighted by molar-refractivity contribution is -0.139. The lowest BCUT2D eigenvalue weighted by Gasteiger charge is -2.28. The molecule has 0 saturated heterocycles. The first-order valence-corrected chi connectivity index (χ1v) is 6.83. The van der Waals surface area contributed by atoms with Gasteiger partial charge in [-0.05, 0) is 37.5 Å².